The molecule has 0 amide bonds. The lowest BCUT2D eigenvalue weighted by atomic mass is 9.93. The van der Waals surface area contributed by atoms with Crippen LogP contribution in [-0.2, 0) is 6.18 Å². The van der Waals surface area contributed by atoms with E-state index in [-0.39, 0.29) is 5.92 Å². The van der Waals surface area contributed by atoms with Crippen LogP contribution in [0.1, 0.15) is 25.3 Å². The summed E-state index contributed by atoms with van der Waals surface area (Å²) in [6.07, 6.45) is -2.04. The van der Waals surface area contributed by atoms with Gasteiger partial charge in [0.05, 0.1) is 11.7 Å². The summed E-state index contributed by atoms with van der Waals surface area (Å²) < 4.78 is 37.3. The number of rotatable bonds is 2. The second-order valence-electron chi connectivity index (χ2n) is 4.99. The zero-order chi connectivity index (χ0) is 14.0. The van der Waals surface area contributed by atoms with Gasteiger partial charge in [0.1, 0.15) is 5.82 Å². The van der Waals surface area contributed by atoms with Crippen molar-refractivity contribution in [3.8, 4) is 0 Å². The molecular weight excluding hydrogens is 257 g/mol. The van der Waals surface area contributed by atoms with Crippen LogP contribution >= 0.6 is 0 Å². The van der Waals surface area contributed by atoms with Gasteiger partial charge in [-0.1, -0.05) is 0 Å². The van der Waals surface area contributed by atoms with E-state index < -0.39 is 17.8 Å². The van der Waals surface area contributed by atoms with Crippen molar-refractivity contribution in [2.75, 3.05) is 18.0 Å². The molecule has 3 nitrogen and oxygen atoms in total. The lowest BCUT2D eigenvalue weighted by molar-refractivity contribution is -0.137. The molecule has 1 aliphatic heterocycles. The number of hydrogen-bond donors (Lipinski definition) is 1. The molecule has 2 heterocycles. The lowest BCUT2D eigenvalue weighted by Crippen LogP contribution is -2.39. The van der Waals surface area contributed by atoms with Crippen molar-refractivity contribution in [2.45, 2.75) is 32.0 Å². The number of aliphatic hydroxyl groups is 1. The highest BCUT2D eigenvalue weighted by molar-refractivity contribution is 5.40. The van der Waals surface area contributed by atoms with Gasteiger partial charge in [0.15, 0.2) is 0 Å². The van der Waals surface area contributed by atoms with Crippen molar-refractivity contribution in [3.05, 3.63) is 23.9 Å². The van der Waals surface area contributed by atoms with E-state index in [1.165, 1.54) is 6.07 Å². The van der Waals surface area contributed by atoms with E-state index in [1.807, 2.05) is 4.90 Å². The zero-order valence-electron chi connectivity index (χ0n) is 10.7. The topological polar surface area (TPSA) is 36.4 Å². The molecule has 0 aliphatic carbocycles. The molecule has 1 saturated heterocycles. The molecule has 0 spiro atoms. The number of piperidine rings is 1. The Labute approximate surface area is 110 Å². The molecule has 0 saturated carbocycles. The molecule has 1 aromatic rings. The zero-order valence-corrected chi connectivity index (χ0v) is 10.7. The van der Waals surface area contributed by atoms with Crippen LogP contribution in [0.4, 0.5) is 19.0 Å². The quantitative estimate of drug-likeness (QED) is 0.900. The van der Waals surface area contributed by atoms with E-state index in [0.717, 1.165) is 31.6 Å². The average molecular weight is 274 g/mol. The van der Waals surface area contributed by atoms with Gasteiger partial charge in [-0.3, -0.25) is 0 Å². The minimum absolute atomic E-state index is 0.151. The van der Waals surface area contributed by atoms with Gasteiger partial charge in [0.25, 0.3) is 0 Å². The minimum atomic E-state index is -4.35. The molecule has 0 aromatic carbocycles. The smallest absolute Gasteiger partial charge is 0.393 e. The molecule has 0 radical (unpaired) electrons. The highest BCUT2D eigenvalue weighted by Crippen LogP contribution is 2.30. The average Bonchev–Trinajstić information content (AvgIpc) is 2.38. The van der Waals surface area contributed by atoms with Gasteiger partial charge in [0.2, 0.25) is 0 Å². The van der Waals surface area contributed by atoms with E-state index in [1.54, 1.807) is 6.92 Å². The van der Waals surface area contributed by atoms with Gasteiger partial charge in [0, 0.05) is 25.2 Å². The van der Waals surface area contributed by atoms with Crippen molar-refractivity contribution >= 4 is 5.82 Å². The van der Waals surface area contributed by atoms with Crippen LogP contribution in [0.5, 0.6) is 0 Å². The predicted molar refractivity (Wildman–Crippen MR) is 65.9 cm³/mol. The molecule has 1 fully saturated rings. The molecule has 1 N–H and O–H groups in total. The highest BCUT2D eigenvalue weighted by Gasteiger charge is 2.31. The minimum Gasteiger partial charge on any atom is -0.393 e. The normalized spacial score (nSPS) is 22.4. The number of nitrogens with zero attached hydrogens (tertiary/aromatic N) is 2. The monoisotopic (exact) mass is 274 g/mol. The molecule has 2 atom stereocenters. The second kappa shape index (κ2) is 5.36. The predicted octanol–water partition coefficient (Wildman–Crippen LogP) is 2.70. The van der Waals surface area contributed by atoms with Crippen LogP contribution in [0.25, 0.3) is 0 Å². The Balaban J connectivity index is 2.10. The summed E-state index contributed by atoms with van der Waals surface area (Å²) in [5.41, 5.74) is -0.736. The van der Waals surface area contributed by atoms with Gasteiger partial charge in [-0.05, 0) is 31.9 Å². The van der Waals surface area contributed by atoms with Gasteiger partial charge < -0.3 is 10.0 Å². The van der Waals surface area contributed by atoms with Crippen LogP contribution in [0.2, 0.25) is 0 Å². The van der Waals surface area contributed by atoms with E-state index in [2.05, 4.69) is 4.98 Å². The fourth-order valence-corrected chi connectivity index (χ4v) is 2.35. The molecule has 2 rings (SSSR count). The number of halogens is 3. The van der Waals surface area contributed by atoms with Crippen molar-refractivity contribution < 1.29 is 18.3 Å². The van der Waals surface area contributed by atoms with Crippen LogP contribution in [0.15, 0.2) is 18.3 Å². The third kappa shape index (κ3) is 3.37. The summed E-state index contributed by atoms with van der Waals surface area (Å²) in [7, 11) is 0. The Bertz CT molecular complexity index is 417. The van der Waals surface area contributed by atoms with E-state index in [0.29, 0.717) is 12.4 Å². The molecule has 19 heavy (non-hydrogen) atoms. The molecular formula is C13H17F3N2O. The summed E-state index contributed by atoms with van der Waals surface area (Å²) >= 11 is 0. The fraction of sp³-hybridized carbons (Fsp3) is 0.615. The Morgan fingerprint density at radius 1 is 1.42 bits per heavy atom. The third-order valence-electron chi connectivity index (χ3n) is 3.54. The largest absolute Gasteiger partial charge is 0.417 e. The molecule has 0 bridgehead atoms. The number of pyridine rings is 1. The maximum Gasteiger partial charge on any atom is 0.417 e. The number of aromatic nitrogens is 1. The van der Waals surface area contributed by atoms with Gasteiger partial charge in [-0.15, -0.1) is 0 Å². The number of alkyl halides is 3. The van der Waals surface area contributed by atoms with Crippen LogP contribution in [-0.4, -0.2) is 29.3 Å². The van der Waals surface area contributed by atoms with Gasteiger partial charge in [-0.2, -0.15) is 13.2 Å². The van der Waals surface area contributed by atoms with Gasteiger partial charge >= 0.3 is 6.18 Å². The van der Waals surface area contributed by atoms with Gasteiger partial charge in [-0.25, -0.2) is 4.98 Å². The first kappa shape index (κ1) is 14.1. The first-order chi connectivity index (χ1) is 8.88. The lowest BCUT2D eigenvalue weighted by Gasteiger charge is -2.35. The first-order valence-corrected chi connectivity index (χ1v) is 6.34. The highest BCUT2D eigenvalue weighted by atomic mass is 19.4. The standard InChI is InChI=1S/C13H17F3N2O/c1-9(19)10-3-2-6-18(8-10)12-5-4-11(7-17-12)13(14,15)16/h4-5,7,9-10,19H,2-3,6,8H2,1H3. The third-order valence-corrected chi connectivity index (χ3v) is 3.54. The maximum absolute atomic E-state index is 12.4. The first-order valence-electron chi connectivity index (χ1n) is 6.34. The number of anilines is 1. The summed E-state index contributed by atoms with van der Waals surface area (Å²) in [5, 5.41) is 9.60. The molecule has 1 aliphatic rings. The Morgan fingerprint density at radius 3 is 2.68 bits per heavy atom. The van der Waals surface area contributed by atoms with Crippen molar-refractivity contribution in [2.24, 2.45) is 5.92 Å². The van der Waals surface area contributed by atoms with Crippen molar-refractivity contribution in [1.29, 1.82) is 0 Å². The number of aliphatic hydroxyl groups excluding tert-OH is 1. The summed E-state index contributed by atoms with van der Waals surface area (Å²) in [6.45, 7) is 3.14. The second-order valence-corrected chi connectivity index (χ2v) is 4.99. The Hall–Kier alpha value is -1.30. The molecule has 2 unspecified atom stereocenters. The maximum atomic E-state index is 12.4. The molecule has 106 valence electrons. The molecule has 1 aromatic heterocycles. The Morgan fingerprint density at radius 2 is 2.16 bits per heavy atom. The van der Waals surface area contributed by atoms with Crippen LogP contribution in [0, 0.1) is 5.92 Å². The Kier molecular flexibility index (Phi) is 3.99. The SMILES string of the molecule is CC(O)C1CCCN(c2ccc(C(F)(F)F)cn2)C1. The van der Waals surface area contributed by atoms with Crippen LogP contribution < -0.4 is 4.90 Å². The van der Waals surface area contributed by atoms with E-state index in [4.69, 9.17) is 0 Å². The van der Waals surface area contributed by atoms with E-state index >= 15 is 0 Å². The van der Waals surface area contributed by atoms with E-state index in [9.17, 15) is 18.3 Å². The van der Waals surface area contributed by atoms with Crippen molar-refractivity contribution in [3.63, 3.8) is 0 Å². The summed E-state index contributed by atoms with van der Waals surface area (Å²) in [4.78, 5) is 5.82. The summed E-state index contributed by atoms with van der Waals surface area (Å²) in [6, 6.07) is 2.45. The fourth-order valence-electron chi connectivity index (χ4n) is 2.35. The summed E-state index contributed by atoms with van der Waals surface area (Å²) in [5.74, 6) is 0.691. The molecule has 6 heteroatoms. The van der Waals surface area contributed by atoms with Crippen molar-refractivity contribution in [1.82, 2.24) is 4.98 Å². The van der Waals surface area contributed by atoms with Crippen LogP contribution in [0.3, 0.4) is 0 Å². The number of hydrogen-bond acceptors (Lipinski definition) is 3.